The lowest BCUT2D eigenvalue weighted by Crippen LogP contribution is -2.41. The fourth-order valence-electron chi connectivity index (χ4n) is 2.33. The van der Waals surface area contributed by atoms with Crippen LogP contribution in [0.1, 0.15) is 39.0 Å². The second kappa shape index (κ2) is 5.36. The molecule has 0 bridgehead atoms. The molecule has 1 atom stereocenters. The molecule has 2 fully saturated rings. The maximum absolute atomic E-state index is 11.7. The van der Waals surface area contributed by atoms with Crippen LogP contribution in [0.3, 0.4) is 0 Å². The quantitative estimate of drug-likeness (QED) is 0.755. The molecule has 4 heteroatoms. The summed E-state index contributed by atoms with van der Waals surface area (Å²) < 4.78 is 5.34. The molecule has 0 aromatic heterocycles. The van der Waals surface area contributed by atoms with E-state index in [1.807, 2.05) is 0 Å². The standard InChI is InChI=1S/C13H24N2O2/c1-13(4-6-17-7-5-13)9-15-12(16)8-11(14)10-2-3-10/h10-11H,2-9,14H2,1H3,(H,15,16). The minimum absolute atomic E-state index is 0.0671. The summed E-state index contributed by atoms with van der Waals surface area (Å²) in [6.45, 7) is 4.60. The largest absolute Gasteiger partial charge is 0.381 e. The van der Waals surface area contributed by atoms with E-state index in [-0.39, 0.29) is 17.4 Å². The van der Waals surface area contributed by atoms with Gasteiger partial charge in [-0.05, 0) is 37.0 Å². The van der Waals surface area contributed by atoms with Gasteiger partial charge in [-0.15, -0.1) is 0 Å². The second-order valence-corrected chi connectivity index (χ2v) is 5.91. The van der Waals surface area contributed by atoms with Crippen molar-refractivity contribution in [2.75, 3.05) is 19.8 Å². The predicted molar refractivity (Wildman–Crippen MR) is 66.5 cm³/mol. The van der Waals surface area contributed by atoms with Gasteiger partial charge in [-0.2, -0.15) is 0 Å². The number of carbonyl (C=O) groups excluding carboxylic acids is 1. The summed E-state index contributed by atoms with van der Waals surface area (Å²) in [7, 11) is 0. The van der Waals surface area contributed by atoms with Crippen LogP contribution in [0.4, 0.5) is 0 Å². The first-order chi connectivity index (χ1) is 8.09. The summed E-state index contributed by atoms with van der Waals surface area (Å²) >= 11 is 0. The van der Waals surface area contributed by atoms with Crippen molar-refractivity contribution in [1.82, 2.24) is 5.32 Å². The van der Waals surface area contributed by atoms with E-state index in [9.17, 15) is 4.79 Å². The number of carbonyl (C=O) groups is 1. The van der Waals surface area contributed by atoms with E-state index in [1.165, 1.54) is 12.8 Å². The maximum Gasteiger partial charge on any atom is 0.221 e. The van der Waals surface area contributed by atoms with Crippen LogP contribution < -0.4 is 11.1 Å². The molecule has 2 aliphatic rings. The number of ether oxygens (including phenoxy) is 1. The Morgan fingerprint density at radius 1 is 1.47 bits per heavy atom. The number of nitrogens with one attached hydrogen (secondary N) is 1. The van der Waals surface area contributed by atoms with Crippen molar-refractivity contribution < 1.29 is 9.53 Å². The first-order valence-electron chi connectivity index (χ1n) is 6.69. The van der Waals surface area contributed by atoms with Crippen LogP contribution in [0.15, 0.2) is 0 Å². The SMILES string of the molecule is CC1(CNC(=O)CC(N)C2CC2)CCOCC1. The van der Waals surface area contributed by atoms with E-state index >= 15 is 0 Å². The van der Waals surface area contributed by atoms with Crippen molar-refractivity contribution in [1.29, 1.82) is 0 Å². The van der Waals surface area contributed by atoms with Crippen LogP contribution in [0.25, 0.3) is 0 Å². The van der Waals surface area contributed by atoms with Gasteiger partial charge in [0.25, 0.3) is 0 Å². The van der Waals surface area contributed by atoms with E-state index in [4.69, 9.17) is 10.5 Å². The Hall–Kier alpha value is -0.610. The molecular formula is C13H24N2O2. The Morgan fingerprint density at radius 2 is 2.12 bits per heavy atom. The number of hydrogen-bond acceptors (Lipinski definition) is 3. The molecule has 1 aliphatic heterocycles. The number of nitrogens with two attached hydrogens (primary N) is 1. The third kappa shape index (κ3) is 3.96. The molecule has 0 spiro atoms. The zero-order valence-electron chi connectivity index (χ0n) is 10.7. The predicted octanol–water partition coefficient (Wildman–Crippen LogP) is 1.05. The Bertz CT molecular complexity index is 271. The Labute approximate surface area is 103 Å². The number of amides is 1. The fourth-order valence-corrected chi connectivity index (χ4v) is 2.33. The molecule has 2 rings (SSSR count). The van der Waals surface area contributed by atoms with Crippen LogP contribution in [0.2, 0.25) is 0 Å². The molecule has 17 heavy (non-hydrogen) atoms. The highest BCUT2D eigenvalue weighted by atomic mass is 16.5. The van der Waals surface area contributed by atoms with E-state index < -0.39 is 0 Å². The van der Waals surface area contributed by atoms with Crippen molar-refractivity contribution >= 4 is 5.91 Å². The minimum atomic E-state index is 0.0671. The zero-order valence-corrected chi connectivity index (χ0v) is 10.7. The molecule has 0 aromatic rings. The van der Waals surface area contributed by atoms with Crippen molar-refractivity contribution in [3.63, 3.8) is 0 Å². The molecule has 1 aliphatic carbocycles. The summed E-state index contributed by atoms with van der Waals surface area (Å²) in [5.41, 5.74) is 6.15. The van der Waals surface area contributed by atoms with Gasteiger partial charge in [-0.1, -0.05) is 6.92 Å². The molecule has 3 N–H and O–H groups in total. The van der Waals surface area contributed by atoms with Gasteiger partial charge in [0.2, 0.25) is 5.91 Å². The third-order valence-corrected chi connectivity index (χ3v) is 4.06. The first-order valence-corrected chi connectivity index (χ1v) is 6.69. The van der Waals surface area contributed by atoms with Gasteiger partial charge in [0.05, 0.1) is 0 Å². The lowest BCUT2D eigenvalue weighted by molar-refractivity contribution is -0.122. The van der Waals surface area contributed by atoms with Crippen LogP contribution in [-0.4, -0.2) is 31.7 Å². The van der Waals surface area contributed by atoms with Crippen LogP contribution >= 0.6 is 0 Å². The van der Waals surface area contributed by atoms with Crippen LogP contribution in [-0.2, 0) is 9.53 Å². The molecule has 1 unspecified atom stereocenters. The van der Waals surface area contributed by atoms with Gasteiger partial charge < -0.3 is 15.8 Å². The van der Waals surface area contributed by atoms with E-state index in [0.29, 0.717) is 12.3 Å². The van der Waals surface area contributed by atoms with Gasteiger partial charge in [0.15, 0.2) is 0 Å². The normalized spacial score (nSPS) is 25.3. The van der Waals surface area contributed by atoms with E-state index in [1.54, 1.807) is 0 Å². The van der Waals surface area contributed by atoms with Gasteiger partial charge in [-0.25, -0.2) is 0 Å². The van der Waals surface area contributed by atoms with Gasteiger partial charge in [0.1, 0.15) is 0 Å². The van der Waals surface area contributed by atoms with Crippen molar-refractivity contribution in [3.8, 4) is 0 Å². The number of hydrogen-bond donors (Lipinski definition) is 2. The van der Waals surface area contributed by atoms with Crippen LogP contribution in [0.5, 0.6) is 0 Å². The Balaban J connectivity index is 1.67. The smallest absolute Gasteiger partial charge is 0.221 e. The fraction of sp³-hybridized carbons (Fsp3) is 0.923. The topological polar surface area (TPSA) is 64.4 Å². The molecular weight excluding hydrogens is 216 g/mol. The average Bonchev–Trinajstić information content (AvgIpc) is 3.11. The summed E-state index contributed by atoms with van der Waals surface area (Å²) in [4.78, 5) is 11.7. The lowest BCUT2D eigenvalue weighted by atomic mass is 9.82. The first kappa shape index (κ1) is 12.8. The monoisotopic (exact) mass is 240 g/mol. The van der Waals surface area contributed by atoms with Crippen molar-refractivity contribution in [2.24, 2.45) is 17.1 Å². The highest BCUT2D eigenvalue weighted by Crippen LogP contribution is 2.33. The van der Waals surface area contributed by atoms with Crippen molar-refractivity contribution in [2.45, 2.75) is 45.1 Å². The van der Waals surface area contributed by atoms with E-state index in [2.05, 4.69) is 12.2 Å². The molecule has 98 valence electrons. The van der Waals surface area contributed by atoms with Gasteiger partial charge in [0, 0.05) is 32.2 Å². The summed E-state index contributed by atoms with van der Waals surface area (Å²) in [6, 6.07) is 0.0671. The summed E-state index contributed by atoms with van der Waals surface area (Å²) in [6.07, 6.45) is 4.94. The third-order valence-electron chi connectivity index (χ3n) is 4.06. The molecule has 1 heterocycles. The van der Waals surface area contributed by atoms with E-state index in [0.717, 1.165) is 32.6 Å². The second-order valence-electron chi connectivity index (χ2n) is 5.91. The summed E-state index contributed by atoms with van der Waals surface area (Å²) in [5, 5.41) is 3.03. The highest BCUT2D eigenvalue weighted by Gasteiger charge is 2.31. The molecule has 1 saturated heterocycles. The minimum Gasteiger partial charge on any atom is -0.381 e. The van der Waals surface area contributed by atoms with Gasteiger partial charge >= 0.3 is 0 Å². The van der Waals surface area contributed by atoms with Crippen LogP contribution in [0, 0.1) is 11.3 Å². The lowest BCUT2D eigenvalue weighted by Gasteiger charge is -2.33. The Morgan fingerprint density at radius 3 is 2.71 bits per heavy atom. The molecule has 1 saturated carbocycles. The molecule has 0 aromatic carbocycles. The average molecular weight is 240 g/mol. The number of rotatable bonds is 5. The van der Waals surface area contributed by atoms with Crippen molar-refractivity contribution in [3.05, 3.63) is 0 Å². The van der Waals surface area contributed by atoms with Gasteiger partial charge in [-0.3, -0.25) is 4.79 Å². The Kier molecular flexibility index (Phi) is 4.05. The zero-order chi connectivity index (χ0) is 12.3. The highest BCUT2D eigenvalue weighted by molar-refractivity contribution is 5.76. The summed E-state index contributed by atoms with van der Waals surface area (Å²) in [5.74, 6) is 0.705. The molecule has 4 nitrogen and oxygen atoms in total. The molecule has 0 radical (unpaired) electrons. The molecule has 1 amide bonds. The maximum atomic E-state index is 11.7.